The fourth-order valence-corrected chi connectivity index (χ4v) is 3.70. The molecule has 1 heterocycles. The van der Waals surface area contributed by atoms with Gasteiger partial charge in [-0.15, -0.1) is 0 Å². The number of ether oxygens (including phenoxy) is 1. The molecule has 0 bridgehead atoms. The van der Waals surface area contributed by atoms with E-state index in [2.05, 4.69) is 13.8 Å². The van der Waals surface area contributed by atoms with Crippen molar-refractivity contribution in [2.24, 2.45) is 11.3 Å². The average Bonchev–Trinajstić information content (AvgIpc) is 2.52. The Balaban J connectivity index is 1.98. The van der Waals surface area contributed by atoms with E-state index in [1.54, 1.807) is 11.0 Å². The zero-order valence-corrected chi connectivity index (χ0v) is 16.8. The number of hydrogen-bond donors (Lipinski definition) is 0. The van der Waals surface area contributed by atoms with Gasteiger partial charge in [0.25, 0.3) is 0 Å². The number of carbonyl (C=O) groups excluding carboxylic acids is 1. The Morgan fingerprint density at radius 2 is 1.70 bits per heavy atom. The molecule has 3 nitrogen and oxygen atoms in total. The van der Waals surface area contributed by atoms with Crippen LogP contribution >= 0.6 is 0 Å². The number of rotatable bonds is 3. The molecule has 152 valence electrons. The number of likely N-dealkylation sites (tertiary alicyclic amines) is 1. The molecule has 6 heteroatoms. The number of piperidine rings is 1. The van der Waals surface area contributed by atoms with Crippen LogP contribution in [-0.4, -0.2) is 29.7 Å². The first kappa shape index (κ1) is 21.6. The van der Waals surface area contributed by atoms with Crippen molar-refractivity contribution in [1.82, 2.24) is 4.90 Å². The molecule has 1 fully saturated rings. The molecule has 0 spiro atoms. The molecular formula is C21H30F3NO2. The first-order valence-electron chi connectivity index (χ1n) is 9.42. The third kappa shape index (κ3) is 6.15. The Hall–Kier alpha value is -1.72. The van der Waals surface area contributed by atoms with Crippen molar-refractivity contribution >= 4 is 6.09 Å². The second-order valence-corrected chi connectivity index (χ2v) is 9.11. The van der Waals surface area contributed by atoms with Gasteiger partial charge in [0.2, 0.25) is 0 Å². The van der Waals surface area contributed by atoms with Gasteiger partial charge >= 0.3 is 12.3 Å². The summed E-state index contributed by atoms with van der Waals surface area (Å²) in [5, 5.41) is 0. The van der Waals surface area contributed by atoms with E-state index in [4.69, 9.17) is 4.74 Å². The first-order chi connectivity index (χ1) is 12.3. The van der Waals surface area contributed by atoms with Gasteiger partial charge in [-0.25, -0.2) is 4.79 Å². The highest BCUT2D eigenvalue weighted by Crippen LogP contribution is 2.39. The average molecular weight is 385 g/mol. The van der Waals surface area contributed by atoms with Crippen molar-refractivity contribution in [3.05, 3.63) is 35.4 Å². The second-order valence-electron chi connectivity index (χ2n) is 9.11. The Morgan fingerprint density at radius 1 is 1.11 bits per heavy atom. The van der Waals surface area contributed by atoms with Crippen LogP contribution in [0.3, 0.4) is 0 Å². The molecule has 0 N–H and O–H groups in total. The number of halogens is 3. The smallest absolute Gasteiger partial charge is 0.416 e. The number of alkyl halides is 3. The van der Waals surface area contributed by atoms with E-state index in [1.807, 2.05) is 20.8 Å². The molecule has 27 heavy (non-hydrogen) atoms. The second kappa shape index (κ2) is 7.72. The Kier molecular flexibility index (Phi) is 6.17. The predicted octanol–water partition coefficient (Wildman–Crippen LogP) is 5.92. The van der Waals surface area contributed by atoms with Crippen LogP contribution in [0.5, 0.6) is 0 Å². The Morgan fingerprint density at radius 3 is 2.22 bits per heavy atom. The molecule has 0 aromatic heterocycles. The van der Waals surface area contributed by atoms with Gasteiger partial charge in [-0.05, 0) is 63.0 Å². The Bertz CT molecular complexity index is 654. The van der Waals surface area contributed by atoms with E-state index >= 15 is 0 Å². The van der Waals surface area contributed by atoms with Crippen LogP contribution < -0.4 is 0 Å². The predicted molar refractivity (Wildman–Crippen MR) is 99.5 cm³/mol. The van der Waals surface area contributed by atoms with Crippen LogP contribution in [-0.2, 0) is 17.3 Å². The van der Waals surface area contributed by atoms with Crippen molar-refractivity contribution in [2.75, 3.05) is 13.1 Å². The molecule has 1 amide bonds. The topological polar surface area (TPSA) is 29.5 Å². The highest BCUT2D eigenvalue weighted by Gasteiger charge is 2.36. The third-order valence-corrected chi connectivity index (χ3v) is 5.17. The molecule has 0 saturated carbocycles. The molecule has 0 aliphatic carbocycles. The number of hydrogen-bond acceptors (Lipinski definition) is 2. The van der Waals surface area contributed by atoms with Gasteiger partial charge in [0.15, 0.2) is 0 Å². The molecule has 1 aliphatic heterocycles. The van der Waals surface area contributed by atoms with E-state index in [0.29, 0.717) is 31.0 Å². The molecule has 0 atom stereocenters. The van der Waals surface area contributed by atoms with Crippen molar-refractivity contribution in [3.8, 4) is 0 Å². The van der Waals surface area contributed by atoms with Gasteiger partial charge in [0, 0.05) is 13.1 Å². The van der Waals surface area contributed by atoms with E-state index in [1.165, 1.54) is 12.1 Å². The van der Waals surface area contributed by atoms with Crippen LogP contribution in [0.15, 0.2) is 24.3 Å². The molecule has 1 aromatic rings. The standard InChI is InChI=1S/C21H30F3NO2/c1-19(2,3)27-18(26)25-11-9-16(10-12-25)20(4,5)14-15-7-6-8-17(13-15)21(22,23)24/h6-8,13,16H,9-12,14H2,1-5H3. The summed E-state index contributed by atoms with van der Waals surface area (Å²) < 4.78 is 44.2. The summed E-state index contributed by atoms with van der Waals surface area (Å²) in [6.07, 6.45) is -2.39. The van der Waals surface area contributed by atoms with E-state index in [0.717, 1.165) is 18.9 Å². The largest absolute Gasteiger partial charge is 0.444 e. The summed E-state index contributed by atoms with van der Waals surface area (Å²) in [6.45, 7) is 11.0. The monoisotopic (exact) mass is 385 g/mol. The normalized spacial score (nSPS) is 17.1. The summed E-state index contributed by atoms with van der Waals surface area (Å²) in [6, 6.07) is 5.58. The quantitative estimate of drug-likeness (QED) is 0.646. The number of amides is 1. The van der Waals surface area contributed by atoms with Gasteiger partial charge in [-0.1, -0.05) is 32.0 Å². The van der Waals surface area contributed by atoms with Gasteiger partial charge in [0.1, 0.15) is 5.60 Å². The molecule has 1 aliphatic rings. The molecule has 0 radical (unpaired) electrons. The summed E-state index contributed by atoms with van der Waals surface area (Å²) in [5.41, 5.74) is -0.569. The van der Waals surface area contributed by atoms with Crippen molar-refractivity contribution in [2.45, 2.75) is 65.7 Å². The van der Waals surface area contributed by atoms with Crippen LogP contribution in [0.4, 0.5) is 18.0 Å². The van der Waals surface area contributed by atoms with Gasteiger partial charge in [-0.2, -0.15) is 13.2 Å². The van der Waals surface area contributed by atoms with E-state index < -0.39 is 17.3 Å². The molecule has 1 aromatic carbocycles. The summed E-state index contributed by atoms with van der Waals surface area (Å²) in [7, 11) is 0. The molecule has 0 unspecified atom stereocenters. The van der Waals surface area contributed by atoms with Crippen molar-refractivity contribution < 1.29 is 22.7 Å². The van der Waals surface area contributed by atoms with E-state index in [-0.39, 0.29) is 11.5 Å². The lowest BCUT2D eigenvalue weighted by molar-refractivity contribution is -0.137. The maximum Gasteiger partial charge on any atom is 0.416 e. The molecule has 1 saturated heterocycles. The molecular weight excluding hydrogens is 355 g/mol. The SMILES string of the molecule is CC(C)(C)OC(=O)N1CCC(C(C)(C)Cc2cccc(C(F)(F)F)c2)CC1. The fraction of sp³-hybridized carbons (Fsp3) is 0.667. The highest BCUT2D eigenvalue weighted by molar-refractivity contribution is 5.68. The number of carbonyl (C=O) groups is 1. The number of nitrogens with zero attached hydrogens (tertiary/aromatic N) is 1. The zero-order chi connectivity index (χ0) is 20.5. The lowest BCUT2D eigenvalue weighted by atomic mass is 9.70. The van der Waals surface area contributed by atoms with Crippen molar-refractivity contribution in [1.29, 1.82) is 0 Å². The Labute approximate surface area is 159 Å². The zero-order valence-electron chi connectivity index (χ0n) is 16.8. The van der Waals surface area contributed by atoms with Crippen LogP contribution in [0.25, 0.3) is 0 Å². The van der Waals surface area contributed by atoms with E-state index in [9.17, 15) is 18.0 Å². The first-order valence-corrected chi connectivity index (χ1v) is 9.42. The van der Waals surface area contributed by atoms with Gasteiger partial charge < -0.3 is 9.64 Å². The summed E-state index contributed by atoms with van der Waals surface area (Å²) >= 11 is 0. The third-order valence-electron chi connectivity index (χ3n) is 5.17. The lowest BCUT2D eigenvalue weighted by Gasteiger charge is -2.41. The lowest BCUT2D eigenvalue weighted by Crippen LogP contribution is -2.44. The van der Waals surface area contributed by atoms with Crippen LogP contribution in [0.1, 0.15) is 58.6 Å². The molecule has 2 rings (SSSR count). The maximum atomic E-state index is 12.9. The summed E-state index contributed by atoms with van der Waals surface area (Å²) in [4.78, 5) is 13.9. The van der Waals surface area contributed by atoms with Crippen LogP contribution in [0, 0.1) is 11.3 Å². The minimum Gasteiger partial charge on any atom is -0.444 e. The number of benzene rings is 1. The fourth-order valence-electron chi connectivity index (χ4n) is 3.70. The minimum atomic E-state index is -4.32. The summed E-state index contributed by atoms with van der Waals surface area (Å²) in [5.74, 6) is 0.339. The van der Waals surface area contributed by atoms with Crippen molar-refractivity contribution in [3.63, 3.8) is 0 Å². The van der Waals surface area contributed by atoms with Gasteiger partial charge in [0.05, 0.1) is 5.56 Å². The van der Waals surface area contributed by atoms with Crippen LogP contribution in [0.2, 0.25) is 0 Å². The minimum absolute atomic E-state index is 0.149. The maximum absolute atomic E-state index is 12.9. The van der Waals surface area contributed by atoms with Gasteiger partial charge in [-0.3, -0.25) is 0 Å². The highest BCUT2D eigenvalue weighted by atomic mass is 19.4.